The molecule has 0 unspecified atom stereocenters. The minimum atomic E-state index is -0.252. The molecule has 1 aromatic rings. The van der Waals surface area contributed by atoms with Gasteiger partial charge >= 0.3 is 0 Å². The number of anilines is 1. The van der Waals surface area contributed by atoms with Crippen LogP contribution in [0.15, 0.2) is 51.9 Å². The van der Waals surface area contributed by atoms with Crippen LogP contribution in [0.4, 0.5) is 5.69 Å². The summed E-state index contributed by atoms with van der Waals surface area (Å²) in [5.41, 5.74) is 1.39. The van der Waals surface area contributed by atoms with Gasteiger partial charge in [-0.3, -0.25) is 9.59 Å². The second-order valence-electron chi connectivity index (χ2n) is 13.8. The number of hydrogen-bond donors (Lipinski definition) is 2. The van der Waals surface area contributed by atoms with Gasteiger partial charge in [-0.15, -0.1) is 0 Å². The van der Waals surface area contributed by atoms with Crippen LogP contribution >= 0.6 is 21.6 Å². The third-order valence-corrected chi connectivity index (χ3v) is 13.6. The summed E-state index contributed by atoms with van der Waals surface area (Å²) in [6.07, 6.45) is 23.9. The summed E-state index contributed by atoms with van der Waals surface area (Å²) in [6, 6.07) is 8.25. The van der Waals surface area contributed by atoms with Crippen molar-refractivity contribution in [2.45, 2.75) is 148 Å². The highest BCUT2D eigenvalue weighted by molar-refractivity contribution is 8.78. The molecule has 4 rings (SSSR count). The highest BCUT2D eigenvalue weighted by Gasteiger charge is 2.42. The van der Waals surface area contributed by atoms with Crippen molar-refractivity contribution in [2.24, 2.45) is 22.7 Å². The summed E-state index contributed by atoms with van der Waals surface area (Å²) in [7, 11) is 3.45. The minimum absolute atomic E-state index is 0.213. The summed E-state index contributed by atoms with van der Waals surface area (Å²) < 4.78 is 0. The second-order valence-corrected chi connectivity index (χ2v) is 16.1. The fraction of sp³-hybridized carbons (Fsp3) is 0.684. The number of benzene rings is 1. The molecule has 0 radical (unpaired) electrons. The Labute approximate surface area is 276 Å². The lowest BCUT2D eigenvalue weighted by Crippen LogP contribution is -2.43. The summed E-state index contributed by atoms with van der Waals surface area (Å²) in [6.45, 7) is 9.06. The number of hydrogen-bond acceptors (Lipinski definition) is 4. The van der Waals surface area contributed by atoms with E-state index in [9.17, 15) is 9.59 Å². The van der Waals surface area contributed by atoms with Crippen LogP contribution in [-0.2, 0) is 9.59 Å². The smallest absolute Gasteiger partial charge is 0.230 e. The van der Waals surface area contributed by atoms with E-state index >= 15 is 0 Å². The molecular formula is C38H58N2O2S2. The van der Waals surface area contributed by atoms with Crippen molar-refractivity contribution in [2.75, 3.05) is 5.32 Å². The zero-order valence-electron chi connectivity index (χ0n) is 28.0. The molecule has 2 fully saturated rings. The Morgan fingerprint density at radius 1 is 0.727 bits per heavy atom. The van der Waals surface area contributed by atoms with Gasteiger partial charge < -0.3 is 10.6 Å². The van der Waals surface area contributed by atoms with Gasteiger partial charge in [0, 0.05) is 20.6 Å². The lowest BCUT2D eigenvalue weighted by Gasteiger charge is -2.38. The molecule has 244 valence electrons. The Morgan fingerprint density at radius 3 is 1.80 bits per heavy atom. The normalized spacial score (nSPS) is 19.8. The minimum Gasteiger partial charge on any atom is -0.325 e. The van der Waals surface area contributed by atoms with Gasteiger partial charge in [0.05, 0.1) is 11.4 Å². The lowest BCUT2D eigenvalue weighted by atomic mass is 9.67. The number of nitrogens with one attached hydrogen (secondary N) is 2. The maximum absolute atomic E-state index is 14.0. The summed E-state index contributed by atoms with van der Waals surface area (Å²) >= 11 is 0. The second kappa shape index (κ2) is 17.3. The maximum atomic E-state index is 14.0. The van der Waals surface area contributed by atoms with Crippen LogP contribution in [-0.4, -0.2) is 11.8 Å². The van der Waals surface area contributed by atoms with Gasteiger partial charge in [-0.25, -0.2) is 0 Å². The van der Waals surface area contributed by atoms with Crippen LogP contribution in [0.1, 0.15) is 143 Å². The Kier molecular flexibility index (Phi) is 13.8. The van der Waals surface area contributed by atoms with Gasteiger partial charge in [-0.05, 0) is 81.4 Å². The summed E-state index contributed by atoms with van der Waals surface area (Å²) in [5.74, 6) is 1.65. The van der Waals surface area contributed by atoms with Gasteiger partial charge in [-0.2, -0.15) is 0 Å². The van der Waals surface area contributed by atoms with Crippen molar-refractivity contribution in [3.05, 3.63) is 47.0 Å². The fourth-order valence-electron chi connectivity index (χ4n) is 7.85. The number of carbonyl (C=O) groups excluding carboxylic acids is 2. The van der Waals surface area contributed by atoms with Crippen LogP contribution in [0.25, 0.3) is 0 Å². The van der Waals surface area contributed by atoms with Crippen molar-refractivity contribution in [3.63, 3.8) is 0 Å². The quantitative estimate of drug-likeness (QED) is 0.188. The molecular weight excluding hydrogens is 581 g/mol. The van der Waals surface area contributed by atoms with Gasteiger partial charge in [0.15, 0.2) is 0 Å². The molecule has 0 atom stereocenters. The van der Waals surface area contributed by atoms with Crippen molar-refractivity contribution < 1.29 is 9.59 Å². The van der Waals surface area contributed by atoms with E-state index < -0.39 is 0 Å². The largest absolute Gasteiger partial charge is 0.325 e. The Bertz CT molecular complexity index is 1140. The number of amides is 2. The average Bonchev–Trinajstić information content (AvgIpc) is 3.07. The van der Waals surface area contributed by atoms with Crippen LogP contribution < -0.4 is 10.6 Å². The molecule has 2 amide bonds. The Balaban J connectivity index is 1.48. The molecule has 0 bridgehead atoms. The van der Waals surface area contributed by atoms with Crippen molar-refractivity contribution in [3.8, 4) is 0 Å². The Morgan fingerprint density at radius 2 is 1.25 bits per heavy atom. The van der Waals surface area contributed by atoms with Gasteiger partial charge in [0.25, 0.3) is 0 Å². The molecule has 3 aliphatic carbocycles. The van der Waals surface area contributed by atoms with Crippen LogP contribution in [0, 0.1) is 22.7 Å². The fourth-order valence-corrected chi connectivity index (χ4v) is 10.3. The predicted octanol–water partition coefficient (Wildman–Crippen LogP) is 11.6. The topological polar surface area (TPSA) is 58.2 Å². The van der Waals surface area contributed by atoms with E-state index in [0.29, 0.717) is 11.8 Å². The van der Waals surface area contributed by atoms with E-state index in [0.717, 1.165) is 119 Å². The number of allylic oxidation sites excluding steroid dienone is 3. The first kappa shape index (κ1) is 35.2. The van der Waals surface area contributed by atoms with Crippen LogP contribution in [0.2, 0.25) is 0 Å². The molecule has 0 spiro atoms. The van der Waals surface area contributed by atoms with E-state index in [4.69, 9.17) is 0 Å². The highest BCUT2D eigenvalue weighted by atomic mass is 33.1. The van der Waals surface area contributed by atoms with Crippen molar-refractivity contribution >= 4 is 39.1 Å². The van der Waals surface area contributed by atoms with Crippen LogP contribution in [0.3, 0.4) is 0 Å². The standard InChI is InChI=1S/C38H58N2O2S2/c1-5-29(6-2)27-37(23-15-9-16-24-37)35(41)39-31-19-11-13-21-33(31)43-44-34-22-14-12-20-32(34)40-36(42)38(25-17-10-18-26-38)28-30(7-3)8-4/h11-13,19-21,29-30H,5-10,14-18,22-28H2,1-4H3,(H,39,41)(H,40,42). The van der Waals surface area contributed by atoms with Crippen molar-refractivity contribution in [1.29, 1.82) is 0 Å². The Hall–Kier alpha value is -1.66. The average molecular weight is 639 g/mol. The molecule has 4 nitrogen and oxygen atoms in total. The van der Waals surface area contributed by atoms with Gasteiger partial charge in [-0.1, -0.05) is 132 Å². The molecule has 0 aromatic heterocycles. The molecule has 0 aliphatic heterocycles. The molecule has 1 aromatic carbocycles. The zero-order chi connectivity index (χ0) is 31.4. The number of rotatable bonds is 15. The van der Waals surface area contributed by atoms with E-state index in [2.05, 4.69) is 68.7 Å². The van der Waals surface area contributed by atoms with Crippen LogP contribution in [0.5, 0.6) is 0 Å². The van der Waals surface area contributed by atoms with E-state index in [-0.39, 0.29) is 22.6 Å². The van der Waals surface area contributed by atoms with Crippen molar-refractivity contribution in [1.82, 2.24) is 5.32 Å². The highest BCUT2D eigenvalue weighted by Crippen LogP contribution is 2.48. The number of carbonyl (C=O) groups is 2. The molecule has 2 N–H and O–H groups in total. The predicted molar refractivity (Wildman–Crippen MR) is 190 cm³/mol. The molecule has 6 heteroatoms. The third kappa shape index (κ3) is 8.99. The number of para-hydroxylation sites is 1. The zero-order valence-corrected chi connectivity index (χ0v) is 29.6. The maximum Gasteiger partial charge on any atom is 0.230 e. The molecule has 3 aliphatic rings. The molecule has 0 heterocycles. The van der Waals surface area contributed by atoms with Gasteiger partial charge in [0.2, 0.25) is 11.8 Å². The van der Waals surface area contributed by atoms with Gasteiger partial charge in [0.1, 0.15) is 0 Å². The first-order valence-corrected chi connectivity index (χ1v) is 20.0. The van der Waals surface area contributed by atoms with E-state index in [1.807, 2.05) is 6.07 Å². The molecule has 44 heavy (non-hydrogen) atoms. The third-order valence-electron chi connectivity index (χ3n) is 11.0. The summed E-state index contributed by atoms with van der Waals surface area (Å²) in [4.78, 5) is 30.3. The SMILES string of the molecule is CCC(CC)CC1(C(=O)NC2=C(SSc3ccccc3NC(=O)C3(CC(CC)CC)CCCCC3)CCC=C2)CCCCC1. The monoisotopic (exact) mass is 638 g/mol. The first-order valence-electron chi connectivity index (χ1n) is 17.8. The van der Waals surface area contributed by atoms with E-state index in [1.165, 1.54) is 17.7 Å². The summed E-state index contributed by atoms with van der Waals surface area (Å²) in [5, 5.41) is 6.85. The molecule has 0 saturated heterocycles. The van der Waals surface area contributed by atoms with E-state index in [1.54, 1.807) is 21.6 Å². The molecule has 2 saturated carbocycles. The first-order chi connectivity index (χ1) is 21.4. The lowest BCUT2D eigenvalue weighted by molar-refractivity contribution is -0.133.